The van der Waals surface area contributed by atoms with Gasteiger partial charge in [-0.15, -0.1) is 0 Å². The Hall–Kier alpha value is -0.460. The van der Waals surface area contributed by atoms with Gasteiger partial charge in [-0.05, 0) is 0 Å². The summed E-state index contributed by atoms with van der Waals surface area (Å²) in [5.41, 5.74) is 0. The smallest absolute Gasteiger partial charge is 0.297 e. The molecule has 0 aliphatic carbocycles. The molecule has 1 heterocycles. The molecule has 1 saturated heterocycles. The molecule has 0 spiro atoms. The molecule has 0 aromatic rings. The van der Waals surface area contributed by atoms with Crippen molar-refractivity contribution in [3.05, 3.63) is 0 Å². The van der Waals surface area contributed by atoms with Gasteiger partial charge in [0, 0.05) is 0 Å². The van der Waals surface area contributed by atoms with E-state index in [0.29, 0.717) is 4.31 Å². The number of ketones is 1. The predicted molar refractivity (Wildman–Crippen MR) is 28.1 cm³/mol. The van der Waals surface area contributed by atoms with E-state index in [4.69, 9.17) is 4.55 Å². The van der Waals surface area contributed by atoms with Gasteiger partial charge < -0.3 is 0 Å². The predicted octanol–water partition coefficient (Wildman–Crippen LogP) is -1.33. The van der Waals surface area contributed by atoms with E-state index in [9.17, 15) is 13.2 Å². The molecule has 0 aromatic heterocycles. The van der Waals surface area contributed by atoms with Gasteiger partial charge in [-0.1, -0.05) is 0 Å². The molecule has 0 radical (unpaired) electrons. The summed E-state index contributed by atoms with van der Waals surface area (Å²) in [6.07, 6.45) is 0. The maximum Gasteiger partial charge on any atom is 0.336 e. The van der Waals surface area contributed by atoms with Crippen molar-refractivity contribution in [2.75, 3.05) is 13.1 Å². The van der Waals surface area contributed by atoms with E-state index >= 15 is 0 Å². The maximum absolute atomic E-state index is 10.1. The highest BCUT2D eigenvalue weighted by atomic mass is 32.2. The minimum atomic E-state index is -4.09. The lowest BCUT2D eigenvalue weighted by atomic mass is 10.3. The lowest BCUT2D eigenvalue weighted by Crippen LogP contribution is -2.50. The lowest BCUT2D eigenvalue weighted by Gasteiger charge is -2.24. The van der Waals surface area contributed by atoms with Gasteiger partial charge in [0.15, 0.2) is 5.78 Å². The standard InChI is InChI=1S/C3H5NO4S/c5-3-1-4(2-3)9(6,7)8/h1-2H2,(H,6,7,8). The van der Waals surface area contributed by atoms with E-state index < -0.39 is 10.3 Å². The van der Waals surface area contributed by atoms with Crippen molar-refractivity contribution < 1.29 is 17.8 Å². The number of carbonyl (C=O) groups excluding carboxylic acids is 1. The topological polar surface area (TPSA) is 74.7 Å². The van der Waals surface area contributed by atoms with Crippen molar-refractivity contribution in [2.45, 2.75) is 0 Å². The second-order valence-corrected chi connectivity index (χ2v) is 3.20. The monoisotopic (exact) mass is 151 g/mol. The molecule has 0 saturated carbocycles. The van der Waals surface area contributed by atoms with Gasteiger partial charge in [0.25, 0.3) is 0 Å². The van der Waals surface area contributed by atoms with Crippen LogP contribution in [-0.4, -0.2) is 36.1 Å². The Morgan fingerprint density at radius 2 is 1.89 bits per heavy atom. The van der Waals surface area contributed by atoms with Gasteiger partial charge in [0.2, 0.25) is 0 Å². The van der Waals surface area contributed by atoms with Gasteiger partial charge in [-0.2, -0.15) is 12.7 Å². The fourth-order valence-electron chi connectivity index (χ4n) is 0.510. The van der Waals surface area contributed by atoms with E-state index in [-0.39, 0.29) is 18.9 Å². The van der Waals surface area contributed by atoms with Crippen LogP contribution >= 0.6 is 0 Å². The SMILES string of the molecule is O=C1CN(S(=O)(=O)O)C1. The quantitative estimate of drug-likeness (QED) is 0.471. The van der Waals surface area contributed by atoms with Crippen LogP contribution in [0, 0.1) is 0 Å². The summed E-state index contributed by atoms with van der Waals surface area (Å²) in [6.45, 7) is -0.363. The Morgan fingerprint density at radius 1 is 1.44 bits per heavy atom. The van der Waals surface area contributed by atoms with E-state index in [2.05, 4.69) is 0 Å². The molecule has 52 valence electrons. The Labute approximate surface area is 52.1 Å². The molecule has 0 amide bonds. The van der Waals surface area contributed by atoms with Crippen LogP contribution in [0.5, 0.6) is 0 Å². The highest BCUT2D eigenvalue weighted by molar-refractivity contribution is 7.83. The van der Waals surface area contributed by atoms with E-state index in [1.54, 1.807) is 0 Å². The molecular weight excluding hydrogens is 146 g/mol. The number of rotatable bonds is 1. The molecule has 1 N–H and O–H groups in total. The molecule has 1 aliphatic heterocycles. The number of nitrogens with zero attached hydrogens (tertiary/aromatic N) is 1. The molecule has 0 atom stereocenters. The minimum Gasteiger partial charge on any atom is -0.297 e. The Morgan fingerprint density at radius 3 is 2.00 bits per heavy atom. The van der Waals surface area contributed by atoms with Crippen LogP contribution in [0.4, 0.5) is 0 Å². The summed E-state index contributed by atoms with van der Waals surface area (Å²) in [6, 6.07) is 0. The van der Waals surface area contributed by atoms with Crippen molar-refractivity contribution >= 4 is 16.1 Å². The summed E-state index contributed by atoms with van der Waals surface area (Å²) < 4.78 is 29.1. The van der Waals surface area contributed by atoms with Crippen LogP contribution in [0.2, 0.25) is 0 Å². The first-order chi connectivity index (χ1) is 4.00. The lowest BCUT2D eigenvalue weighted by molar-refractivity contribution is -0.125. The highest BCUT2D eigenvalue weighted by Gasteiger charge is 2.32. The average Bonchev–Trinajstić information content (AvgIpc) is 1.55. The molecule has 0 unspecified atom stereocenters. The first-order valence-electron chi connectivity index (χ1n) is 2.24. The van der Waals surface area contributed by atoms with Gasteiger partial charge in [-0.25, -0.2) is 0 Å². The molecule has 5 nitrogen and oxygen atoms in total. The third-order valence-electron chi connectivity index (χ3n) is 1.03. The van der Waals surface area contributed by atoms with E-state index in [1.165, 1.54) is 0 Å². The molecule has 1 rings (SSSR count). The van der Waals surface area contributed by atoms with Crippen LogP contribution in [0.25, 0.3) is 0 Å². The zero-order valence-electron chi connectivity index (χ0n) is 4.44. The van der Waals surface area contributed by atoms with Crippen molar-refractivity contribution in [3.8, 4) is 0 Å². The summed E-state index contributed by atoms with van der Waals surface area (Å²) >= 11 is 0. The number of hydrogen-bond donors (Lipinski definition) is 1. The Kier molecular flexibility index (Phi) is 1.30. The van der Waals surface area contributed by atoms with Crippen molar-refractivity contribution in [2.24, 2.45) is 0 Å². The van der Waals surface area contributed by atoms with Crippen LogP contribution < -0.4 is 0 Å². The summed E-state index contributed by atoms with van der Waals surface area (Å²) in [7, 11) is -4.09. The van der Waals surface area contributed by atoms with Gasteiger partial charge in [0.1, 0.15) is 0 Å². The second kappa shape index (κ2) is 1.76. The van der Waals surface area contributed by atoms with Crippen LogP contribution in [0.3, 0.4) is 0 Å². The zero-order chi connectivity index (χ0) is 7.07. The number of hydrogen-bond acceptors (Lipinski definition) is 3. The largest absolute Gasteiger partial charge is 0.336 e. The minimum absolute atomic E-state index is 0.173. The fraction of sp³-hybridized carbons (Fsp3) is 0.667. The maximum atomic E-state index is 10.1. The molecule has 1 aliphatic rings. The first kappa shape index (κ1) is 6.66. The van der Waals surface area contributed by atoms with Gasteiger partial charge in [0.05, 0.1) is 13.1 Å². The Bertz CT molecular complexity index is 222. The van der Waals surface area contributed by atoms with E-state index in [0.717, 1.165) is 0 Å². The molecular formula is C3H5NO4S. The summed E-state index contributed by atoms with van der Waals surface area (Å²) in [5.74, 6) is -0.173. The fourth-order valence-corrected chi connectivity index (χ4v) is 1.12. The number of carbonyl (C=O) groups is 1. The molecule has 1 fully saturated rings. The van der Waals surface area contributed by atoms with Gasteiger partial charge in [-0.3, -0.25) is 9.35 Å². The third-order valence-corrected chi connectivity index (χ3v) is 1.94. The van der Waals surface area contributed by atoms with Crippen LogP contribution in [0.15, 0.2) is 0 Å². The number of Topliss-reactive ketones (excluding diaryl/α,β-unsaturated/α-hetero) is 1. The van der Waals surface area contributed by atoms with Crippen LogP contribution in [0.1, 0.15) is 0 Å². The van der Waals surface area contributed by atoms with Crippen molar-refractivity contribution in [3.63, 3.8) is 0 Å². The highest BCUT2D eigenvalue weighted by Crippen LogP contribution is 2.05. The molecule has 0 aromatic carbocycles. The van der Waals surface area contributed by atoms with Crippen molar-refractivity contribution in [1.82, 2.24) is 4.31 Å². The summed E-state index contributed by atoms with van der Waals surface area (Å²) in [5, 5.41) is 0. The van der Waals surface area contributed by atoms with Crippen molar-refractivity contribution in [1.29, 1.82) is 0 Å². The second-order valence-electron chi connectivity index (χ2n) is 1.78. The average molecular weight is 151 g/mol. The summed E-state index contributed by atoms with van der Waals surface area (Å²) in [4.78, 5) is 10.1. The molecule has 9 heavy (non-hydrogen) atoms. The Balaban J connectivity index is 2.61. The third kappa shape index (κ3) is 1.26. The van der Waals surface area contributed by atoms with E-state index in [1.807, 2.05) is 0 Å². The molecule has 0 bridgehead atoms. The normalized spacial score (nSPS) is 21.7. The first-order valence-corrected chi connectivity index (χ1v) is 3.64. The van der Waals surface area contributed by atoms with Crippen LogP contribution in [-0.2, 0) is 15.1 Å². The zero-order valence-corrected chi connectivity index (χ0v) is 5.26. The van der Waals surface area contributed by atoms with Gasteiger partial charge >= 0.3 is 10.3 Å². The molecule has 6 heteroatoms.